The summed E-state index contributed by atoms with van der Waals surface area (Å²) in [5, 5.41) is 13.8. The first-order valence-corrected chi connectivity index (χ1v) is 9.63. The van der Waals surface area contributed by atoms with Crippen LogP contribution in [0, 0.1) is 0 Å². The van der Waals surface area contributed by atoms with Crippen LogP contribution in [-0.2, 0) is 33.3 Å². The number of unbranched alkanes of at least 4 members (excludes halogenated alkanes) is 2. The maximum absolute atomic E-state index is 11.6. The summed E-state index contributed by atoms with van der Waals surface area (Å²) in [6, 6.07) is 0. The molecule has 0 saturated carbocycles. The molecule has 0 fully saturated rings. The van der Waals surface area contributed by atoms with Gasteiger partial charge in [-0.2, -0.15) is 0 Å². The number of amides is 2. The smallest absolute Gasteiger partial charge is 0.305 e. The SMILES string of the molecule is O=CNCCCCCC(=O)NCCOCCOCCOCCOCCC(=O)O. The number of carboxylic acids is 1. The number of carboxylic acid groups (broad SMARTS) is 1. The van der Waals surface area contributed by atoms with Gasteiger partial charge in [0.15, 0.2) is 0 Å². The number of carbonyl (C=O) groups is 3. The first-order valence-electron chi connectivity index (χ1n) is 9.63. The maximum atomic E-state index is 11.6. The van der Waals surface area contributed by atoms with Crippen molar-refractivity contribution in [2.45, 2.75) is 32.1 Å². The number of hydrogen-bond acceptors (Lipinski definition) is 7. The molecule has 0 aliphatic carbocycles. The average Bonchev–Trinajstić information content (AvgIpc) is 2.67. The lowest BCUT2D eigenvalue weighted by Crippen LogP contribution is -2.27. The van der Waals surface area contributed by atoms with Gasteiger partial charge in [0, 0.05) is 19.5 Å². The van der Waals surface area contributed by atoms with Crippen molar-refractivity contribution >= 4 is 18.3 Å². The van der Waals surface area contributed by atoms with E-state index in [9.17, 15) is 14.4 Å². The highest BCUT2D eigenvalue weighted by molar-refractivity contribution is 5.75. The predicted molar refractivity (Wildman–Crippen MR) is 101 cm³/mol. The van der Waals surface area contributed by atoms with E-state index < -0.39 is 5.97 Å². The standard InChI is InChI=1S/C18H34N2O8/c21-16-19-6-3-1-2-4-17(22)20-7-9-26-11-13-28-15-14-27-12-10-25-8-5-18(23)24/h16H,1-15H2,(H,19,21)(H,20,22)(H,23,24). The normalized spacial score (nSPS) is 10.6. The molecule has 0 rings (SSSR count). The van der Waals surface area contributed by atoms with Crippen molar-refractivity contribution in [3.8, 4) is 0 Å². The second-order valence-corrected chi connectivity index (χ2v) is 5.83. The highest BCUT2D eigenvalue weighted by atomic mass is 16.6. The molecule has 0 unspecified atom stereocenters. The Morgan fingerprint density at radius 3 is 1.86 bits per heavy atom. The number of rotatable bonds is 22. The summed E-state index contributed by atoms with van der Waals surface area (Å²) in [6.45, 7) is 4.26. The van der Waals surface area contributed by atoms with Crippen molar-refractivity contribution < 1.29 is 38.4 Å². The summed E-state index contributed by atoms with van der Waals surface area (Å²) in [5.74, 6) is -0.872. The number of aliphatic carboxylic acids is 1. The molecular formula is C18H34N2O8. The van der Waals surface area contributed by atoms with Gasteiger partial charge in [0.2, 0.25) is 12.3 Å². The molecule has 0 heterocycles. The molecule has 2 amide bonds. The first-order chi connectivity index (χ1) is 13.7. The monoisotopic (exact) mass is 406 g/mol. The van der Waals surface area contributed by atoms with Gasteiger partial charge < -0.3 is 34.7 Å². The van der Waals surface area contributed by atoms with Gasteiger partial charge in [0.1, 0.15) is 0 Å². The molecule has 0 aromatic heterocycles. The quantitative estimate of drug-likeness (QED) is 0.168. The Labute approximate surface area is 166 Å². The summed E-state index contributed by atoms with van der Waals surface area (Å²) in [4.78, 5) is 31.9. The molecule has 28 heavy (non-hydrogen) atoms. The van der Waals surface area contributed by atoms with Crippen LogP contribution in [0.2, 0.25) is 0 Å². The Bertz CT molecular complexity index is 396. The molecular weight excluding hydrogens is 372 g/mol. The van der Waals surface area contributed by atoms with Gasteiger partial charge in [-0.3, -0.25) is 14.4 Å². The largest absolute Gasteiger partial charge is 0.481 e. The molecule has 0 aliphatic heterocycles. The topological polar surface area (TPSA) is 132 Å². The van der Waals surface area contributed by atoms with Crippen molar-refractivity contribution in [3.63, 3.8) is 0 Å². The van der Waals surface area contributed by atoms with Crippen LogP contribution in [0.3, 0.4) is 0 Å². The van der Waals surface area contributed by atoms with E-state index in [1.807, 2.05) is 0 Å². The lowest BCUT2D eigenvalue weighted by atomic mass is 10.2. The number of ether oxygens (including phenoxy) is 4. The van der Waals surface area contributed by atoms with Crippen LogP contribution in [0.1, 0.15) is 32.1 Å². The number of carbonyl (C=O) groups excluding carboxylic acids is 2. The van der Waals surface area contributed by atoms with Crippen molar-refractivity contribution in [2.24, 2.45) is 0 Å². The van der Waals surface area contributed by atoms with Crippen LogP contribution >= 0.6 is 0 Å². The minimum atomic E-state index is -0.879. The molecule has 0 aliphatic rings. The molecule has 3 N–H and O–H groups in total. The molecule has 0 atom stereocenters. The minimum absolute atomic E-state index is 0.00582. The van der Waals surface area contributed by atoms with Gasteiger partial charge in [-0.05, 0) is 12.8 Å². The summed E-state index contributed by atoms with van der Waals surface area (Å²) < 4.78 is 21.0. The molecule has 0 radical (unpaired) electrons. The molecule has 164 valence electrons. The maximum Gasteiger partial charge on any atom is 0.305 e. The van der Waals surface area contributed by atoms with Gasteiger partial charge in [0.25, 0.3) is 0 Å². The van der Waals surface area contributed by atoms with Gasteiger partial charge in [0.05, 0.1) is 59.3 Å². The fraction of sp³-hybridized carbons (Fsp3) is 0.833. The van der Waals surface area contributed by atoms with Crippen molar-refractivity contribution in [1.82, 2.24) is 10.6 Å². The van der Waals surface area contributed by atoms with E-state index >= 15 is 0 Å². The lowest BCUT2D eigenvalue weighted by molar-refractivity contribution is -0.138. The third kappa shape index (κ3) is 22.3. The average molecular weight is 406 g/mol. The van der Waals surface area contributed by atoms with Gasteiger partial charge in [-0.1, -0.05) is 6.42 Å². The van der Waals surface area contributed by atoms with Gasteiger partial charge in [-0.15, -0.1) is 0 Å². The van der Waals surface area contributed by atoms with E-state index in [1.165, 1.54) is 0 Å². The van der Waals surface area contributed by atoms with Crippen LogP contribution in [-0.4, -0.2) is 89.3 Å². The second kappa shape index (κ2) is 21.5. The van der Waals surface area contributed by atoms with E-state index in [4.69, 9.17) is 24.1 Å². The molecule has 0 aromatic rings. The van der Waals surface area contributed by atoms with E-state index in [2.05, 4.69) is 10.6 Å². The summed E-state index contributed by atoms with van der Waals surface area (Å²) >= 11 is 0. The lowest BCUT2D eigenvalue weighted by Gasteiger charge is -2.08. The zero-order valence-corrected chi connectivity index (χ0v) is 16.5. The third-order valence-electron chi connectivity index (χ3n) is 3.45. The van der Waals surface area contributed by atoms with Crippen LogP contribution in [0.25, 0.3) is 0 Å². The molecule has 0 bridgehead atoms. The Balaban J connectivity index is 3.14. The first kappa shape index (κ1) is 26.2. The summed E-state index contributed by atoms with van der Waals surface area (Å²) in [5.41, 5.74) is 0. The van der Waals surface area contributed by atoms with Crippen LogP contribution in [0.5, 0.6) is 0 Å². The van der Waals surface area contributed by atoms with Crippen LogP contribution < -0.4 is 10.6 Å². The fourth-order valence-electron chi connectivity index (χ4n) is 2.02. The Kier molecular flexibility index (Phi) is 20.2. The van der Waals surface area contributed by atoms with Crippen LogP contribution in [0.4, 0.5) is 0 Å². The zero-order valence-electron chi connectivity index (χ0n) is 16.5. The predicted octanol–water partition coefficient (Wildman–Crippen LogP) is -0.0499. The van der Waals surface area contributed by atoms with Crippen molar-refractivity contribution in [1.29, 1.82) is 0 Å². The number of nitrogens with one attached hydrogen (secondary N) is 2. The van der Waals surface area contributed by atoms with E-state index in [-0.39, 0.29) is 18.9 Å². The molecule has 0 aromatic carbocycles. The third-order valence-corrected chi connectivity index (χ3v) is 3.45. The molecule has 0 saturated heterocycles. The summed E-state index contributed by atoms with van der Waals surface area (Å²) in [6.07, 6.45) is 3.74. The molecule has 10 heteroatoms. The van der Waals surface area contributed by atoms with E-state index in [1.54, 1.807) is 0 Å². The number of hydrogen-bond donors (Lipinski definition) is 3. The Morgan fingerprint density at radius 2 is 1.29 bits per heavy atom. The van der Waals surface area contributed by atoms with Gasteiger partial charge in [-0.25, -0.2) is 0 Å². The van der Waals surface area contributed by atoms with Crippen LogP contribution in [0.15, 0.2) is 0 Å². The van der Waals surface area contributed by atoms with Crippen molar-refractivity contribution in [2.75, 3.05) is 65.9 Å². The summed E-state index contributed by atoms with van der Waals surface area (Å²) in [7, 11) is 0. The van der Waals surface area contributed by atoms with E-state index in [0.717, 1.165) is 19.3 Å². The van der Waals surface area contributed by atoms with E-state index in [0.29, 0.717) is 72.2 Å². The Hall–Kier alpha value is -1.75. The highest BCUT2D eigenvalue weighted by Crippen LogP contribution is 1.98. The Morgan fingerprint density at radius 1 is 0.714 bits per heavy atom. The molecule has 10 nitrogen and oxygen atoms in total. The molecule has 0 spiro atoms. The minimum Gasteiger partial charge on any atom is -0.481 e. The van der Waals surface area contributed by atoms with Gasteiger partial charge >= 0.3 is 5.97 Å². The second-order valence-electron chi connectivity index (χ2n) is 5.83. The van der Waals surface area contributed by atoms with Crippen molar-refractivity contribution in [3.05, 3.63) is 0 Å². The highest BCUT2D eigenvalue weighted by Gasteiger charge is 2.00. The fourth-order valence-corrected chi connectivity index (χ4v) is 2.02. The zero-order chi connectivity index (χ0) is 20.7.